The van der Waals surface area contributed by atoms with Crippen molar-refractivity contribution in [2.45, 2.75) is 19.3 Å². The highest BCUT2D eigenvalue weighted by atomic mass is 15.1. The zero-order chi connectivity index (χ0) is 8.55. The van der Waals surface area contributed by atoms with Gasteiger partial charge in [0.15, 0.2) is 0 Å². The van der Waals surface area contributed by atoms with Crippen LogP contribution in [0, 0.1) is 17.9 Å². The van der Waals surface area contributed by atoms with E-state index in [1.165, 1.54) is 25.8 Å². The number of hydrogen-bond acceptors (Lipinski definition) is 2. The van der Waals surface area contributed by atoms with Gasteiger partial charge < -0.3 is 10.2 Å². The molecule has 0 amide bonds. The summed E-state index contributed by atoms with van der Waals surface area (Å²) >= 11 is 0. The molecule has 1 saturated carbocycles. The maximum absolute atomic E-state index is 3.56. The summed E-state index contributed by atoms with van der Waals surface area (Å²) in [5, 5.41) is 3.56. The Morgan fingerprint density at radius 3 is 3.00 bits per heavy atom. The van der Waals surface area contributed by atoms with Crippen LogP contribution in [0.15, 0.2) is 0 Å². The molecule has 1 saturated heterocycles. The van der Waals surface area contributed by atoms with E-state index in [1.54, 1.807) is 6.04 Å². The van der Waals surface area contributed by atoms with Crippen LogP contribution in [0.2, 0.25) is 0 Å². The number of nitrogens with zero attached hydrogens (tertiary/aromatic N) is 1. The number of hydrogen-bond donors (Lipinski definition) is 1. The van der Waals surface area contributed by atoms with Crippen LogP contribution >= 0.6 is 0 Å². The molecule has 2 fully saturated rings. The highest BCUT2D eigenvalue weighted by Gasteiger charge is 2.39. The zero-order valence-corrected chi connectivity index (χ0v) is 8.14. The van der Waals surface area contributed by atoms with Crippen molar-refractivity contribution >= 4 is 0 Å². The van der Waals surface area contributed by atoms with Gasteiger partial charge in [0, 0.05) is 6.54 Å². The van der Waals surface area contributed by atoms with Crippen LogP contribution in [0.5, 0.6) is 0 Å². The Balaban J connectivity index is 1.91. The maximum Gasteiger partial charge on any atom is 0.0539 e. The lowest BCUT2D eigenvalue weighted by molar-refractivity contribution is 0.370. The first-order valence-electron chi connectivity index (χ1n) is 5.01. The molecule has 2 rings (SSSR count). The Morgan fingerprint density at radius 2 is 2.25 bits per heavy atom. The van der Waals surface area contributed by atoms with Crippen LogP contribution in [-0.2, 0) is 0 Å². The summed E-state index contributed by atoms with van der Waals surface area (Å²) in [7, 11) is 4.30. The molecule has 2 unspecified atom stereocenters. The molecule has 1 radical (unpaired) electrons. The van der Waals surface area contributed by atoms with E-state index in [2.05, 4.69) is 24.3 Å². The van der Waals surface area contributed by atoms with E-state index in [4.69, 9.17) is 0 Å². The van der Waals surface area contributed by atoms with Crippen molar-refractivity contribution < 1.29 is 0 Å². The number of fused-ring (bicyclic) bond motifs is 1. The van der Waals surface area contributed by atoms with Crippen molar-refractivity contribution in [1.82, 2.24) is 10.2 Å². The van der Waals surface area contributed by atoms with Crippen LogP contribution in [0.1, 0.15) is 19.3 Å². The van der Waals surface area contributed by atoms with Crippen LogP contribution in [-0.4, -0.2) is 32.1 Å². The molecule has 1 N–H and O–H groups in total. The van der Waals surface area contributed by atoms with Gasteiger partial charge in [-0.05, 0) is 45.3 Å². The first-order valence-corrected chi connectivity index (χ1v) is 5.01. The summed E-state index contributed by atoms with van der Waals surface area (Å²) in [5.41, 5.74) is 0. The lowest BCUT2D eigenvalue weighted by Gasteiger charge is -2.20. The fraction of sp³-hybridized carbons (Fsp3) is 0.900. The Labute approximate surface area is 75.3 Å². The fourth-order valence-electron chi connectivity index (χ4n) is 2.65. The topological polar surface area (TPSA) is 15.3 Å². The summed E-state index contributed by atoms with van der Waals surface area (Å²) in [5.74, 6) is 1.88. The fourth-order valence-corrected chi connectivity index (χ4v) is 2.65. The average molecular weight is 167 g/mol. The molecule has 0 aromatic rings. The smallest absolute Gasteiger partial charge is 0.0539 e. The quantitative estimate of drug-likeness (QED) is 0.662. The van der Waals surface area contributed by atoms with Crippen molar-refractivity contribution in [2.75, 3.05) is 27.2 Å². The molecule has 2 heteroatoms. The van der Waals surface area contributed by atoms with E-state index in [1.807, 2.05) is 0 Å². The zero-order valence-electron chi connectivity index (χ0n) is 8.14. The van der Waals surface area contributed by atoms with Crippen molar-refractivity contribution in [3.8, 4) is 0 Å². The molecule has 2 aliphatic rings. The van der Waals surface area contributed by atoms with E-state index in [0.29, 0.717) is 0 Å². The highest BCUT2D eigenvalue weighted by molar-refractivity contribution is 5.07. The first-order chi connectivity index (χ1) is 5.77. The molecule has 0 aromatic carbocycles. The van der Waals surface area contributed by atoms with Gasteiger partial charge in [0.05, 0.1) is 6.04 Å². The van der Waals surface area contributed by atoms with Gasteiger partial charge in [-0.25, -0.2) is 0 Å². The van der Waals surface area contributed by atoms with Gasteiger partial charge in [0.1, 0.15) is 0 Å². The summed E-state index contributed by atoms with van der Waals surface area (Å²) in [6.45, 7) is 2.38. The second kappa shape index (κ2) is 3.35. The second-order valence-electron chi connectivity index (χ2n) is 4.44. The Kier molecular flexibility index (Phi) is 2.37. The van der Waals surface area contributed by atoms with Gasteiger partial charge in [-0.1, -0.05) is 6.42 Å². The molecule has 1 heterocycles. The van der Waals surface area contributed by atoms with Gasteiger partial charge in [0.2, 0.25) is 0 Å². The highest BCUT2D eigenvalue weighted by Crippen LogP contribution is 2.40. The molecule has 0 spiro atoms. The third kappa shape index (κ3) is 1.50. The van der Waals surface area contributed by atoms with E-state index in [0.717, 1.165) is 18.4 Å². The predicted octanol–water partition coefficient (Wildman–Crippen LogP) is 1.10. The minimum atomic E-state index is 0.910. The average Bonchev–Trinajstić information content (AvgIpc) is 2.52. The van der Waals surface area contributed by atoms with Crippen molar-refractivity contribution in [1.29, 1.82) is 0 Å². The van der Waals surface area contributed by atoms with Crippen LogP contribution in [0.4, 0.5) is 0 Å². The normalized spacial score (nSPS) is 36.2. The van der Waals surface area contributed by atoms with Gasteiger partial charge in [-0.15, -0.1) is 0 Å². The molecule has 2 atom stereocenters. The largest absolute Gasteiger partial charge is 0.308 e. The van der Waals surface area contributed by atoms with Crippen LogP contribution in [0.25, 0.3) is 0 Å². The third-order valence-corrected chi connectivity index (χ3v) is 3.18. The summed E-state index contributed by atoms with van der Waals surface area (Å²) in [6, 6.07) is 1.60. The molecule has 1 aliphatic heterocycles. The van der Waals surface area contributed by atoms with Gasteiger partial charge in [-0.2, -0.15) is 0 Å². The lowest BCUT2D eigenvalue weighted by Crippen LogP contribution is -2.29. The number of likely N-dealkylation sites (N-methyl/N-ethyl adjacent to an activating group) is 1. The monoisotopic (exact) mass is 167 g/mol. The molecular weight excluding hydrogens is 148 g/mol. The van der Waals surface area contributed by atoms with Gasteiger partial charge >= 0.3 is 0 Å². The molecule has 0 aromatic heterocycles. The molecule has 0 bridgehead atoms. The van der Waals surface area contributed by atoms with Crippen LogP contribution in [0.3, 0.4) is 0 Å². The van der Waals surface area contributed by atoms with E-state index < -0.39 is 0 Å². The summed E-state index contributed by atoms with van der Waals surface area (Å²) < 4.78 is 0. The summed E-state index contributed by atoms with van der Waals surface area (Å²) in [6.07, 6.45) is 4.34. The minimum absolute atomic E-state index is 0.910. The molecule has 12 heavy (non-hydrogen) atoms. The lowest BCUT2D eigenvalue weighted by atomic mass is 9.94. The van der Waals surface area contributed by atoms with E-state index >= 15 is 0 Å². The number of nitrogens with one attached hydrogen (secondary N) is 1. The number of rotatable bonds is 2. The van der Waals surface area contributed by atoms with Gasteiger partial charge in [-0.3, -0.25) is 0 Å². The van der Waals surface area contributed by atoms with E-state index in [-0.39, 0.29) is 0 Å². The predicted molar refractivity (Wildman–Crippen MR) is 50.6 cm³/mol. The standard InChI is InChI=1S/C10H19N2/c1-12(2)7-10-9-5-3-4-8(9)6-11-10/h8-9,11H,3-7H2,1-2H3. The molecular formula is C10H19N2. The molecule has 1 aliphatic carbocycles. The first kappa shape index (κ1) is 8.52. The SMILES string of the molecule is CN(C)C[C]1NCC2CCCC12. The molecule has 69 valence electrons. The van der Waals surface area contributed by atoms with Crippen molar-refractivity contribution in [2.24, 2.45) is 11.8 Å². The Morgan fingerprint density at radius 1 is 1.42 bits per heavy atom. The van der Waals surface area contributed by atoms with E-state index in [9.17, 15) is 0 Å². The van der Waals surface area contributed by atoms with Crippen LogP contribution < -0.4 is 5.32 Å². The Hall–Kier alpha value is -0.0800. The van der Waals surface area contributed by atoms with Crippen molar-refractivity contribution in [3.05, 3.63) is 6.04 Å². The third-order valence-electron chi connectivity index (χ3n) is 3.18. The summed E-state index contributed by atoms with van der Waals surface area (Å²) in [4.78, 5) is 2.27. The molecule has 2 nitrogen and oxygen atoms in total. The Bertz CT molecular complexity index is 156. The maximum atomic E-state index is 3.56. The van der Waals surface area contributed by atoms with Gasteiger partial charge in [0.25, 0.3) is 0 Å². The minimum Gasteiger partial charge on any atom is -0.308 e. The van der Waals surface area contributed by atoms with Crippen molar-refractivity contribution in [3.63, 3.8) is 0 Å². The second-order valence-corrected chi connectivity index (χ2v) is 4.44.